The zero-order valence-corrected chi connectivity index (χ0v) is 11.8. The van der Waals surface area contributed by atoms with E-state index >= 15 is 0 Å². The molecular formula is C15H11ClN2O3. The highest BCUT2D eigenvalue weighted by molar-refractivity contribution is 6.31. The second-order valence-corrected chi connectivity index (χ2v) is 5.33. The molecule has 0 saturated heterocycles. The van der Waals surface area contributed by atoms with E-state index in [0.717, 1.165) is 10.8 Å². The molecule has 5 nitrogen and oxygen atoms in total. The van der Waals surface area contributed by atoms with Crippen molar-refractivity contribution in [1.29, 1.82) is 0 Å². The molecule has 0 bridgehead atoms. The van der Waals surface area contributed by atoms with Gasteiger partial charge >= 0.3 is 5.97 Å². The lowest BCUT2D eigenvalue weighted by Crippen LogP contribution is -2.07. The van der Waals surface area contributed by atoms with Gasteiger partial charge in [-0.2, -0.15) is 4.68 Å². The third-order valence-corrected chi connectivity index (χ3v) is 3.91. The fourth-order valence-electron chi connectivity index (χ4n) is 2.49. The number of rotatable bonds is 3. The maximum absolute atomic E-state index is 11.2. The first-order valence-corrected chi connectivity index (χ1v) is 6.71. The molecule has 0 radical (unpaired) electrons. The molecule has 0 aliphatic heterocycles. The predicted molar refractivity (Wildman–Crippen MR) is 81.7 cm³/mol. The molecule has 1 N–H and O–H groups in total. The van der Waals surface area contributed by atoms with Crippen LogP contribution in [0, 0.1) is 4.91 Å². The molecule has 0 fully saturated rings. The molecule has 0 aliphatic carbocycles. The minimum atomic E-state index is -0.917. The molecule has 2 aromatic carbocycles. The number of fused-ring (bicyclic) bond motifs is 3. The van der Waals surface area contributed by atoms with E-state index in [1.165, 1.54) is 4.68 Å². The quantitative estimate of drug-likeness (QED) is 0.738. The Bertz CT molecular complexity index is 885. The summed E-state index contributed by atoms with van der Waals surface area (Å²) in [6, 6.07) is 10.4. The van der Waals surface area contributed by atoms with Gasteiger partial charge in [0.15, 0.2) is 0 Å². The molecule has 1 atom stereocenters. The van der Waals surface area contributed by atoms with Gasteiger partial charge in [-0.3, -0.25) is 4.79 Å². The molecule has 21 heavy (non-hydrogen) atoms. The predicted octanol–water partition coefficient (Wildman–Crippen LogP) is 4.17. The summed E-state index contributed by atoms with van der Waals surface area (Å²) < 4.78 is 1.26. The van der Waals surface area contributed by atoms with Crippen LogP contribution in [0.1, 0.15) is 18.4 Å². The number of benzene rings is 2. The van der Waals surface area contributed by atoms with E-state index in [-0.39, 0.29) is 0 Å². The van der Waals surface area contributed by atoms with E-state index in [0.29, 0.717) is 21.6 Å². The first-order chi connectivity index (χ1) is 10.0. The molecule has 1 aromatic heterocycles. The number of carboxylic acid groups (broad SMARTS) is 1. The zero-order valence-electron chi connectivity index (χ0n) is 11.1. The summed E-state index contributed by atoms with van der Waals surface area (Å²) in [6.45, 7) is 1.60. The van der Waals surface area contributed by atoms with Gasteiger partial charge in [0.1, 0.15) is 0 Å². The number of hydrogen-bond acceptors (Lipinski definition) is 3. The van der Waals surface area contributed by atoms with Gasteiger partial charge in [0.05, 0.1) is 22.2 Å². The topological polar surface area (TPSA) is 71.7 Å². The Balaban J connectivity index is 2.37. The van der Waals surface area contributed by atoms with Crippen molar-refractivity contribution in [3.8, 4) is 0 Å². The van der Waals surface area contributed by atoms with Gasteiger partial charge in [0, 0.05) is 15.8 Å². The summed E-state index contributed by atoms with van der Waals surface area (Å²) in [5, 5.41) is 14.3. The van der Waals surface area contributed by atoms with Gasteiger partial charge < -0.3 is 5.11 Å². The van der Waals surface area contributed by atoms with Gasteiger partial charge in [0.2, 0.25) is 0 Å². The monoisotopic (exact) mass is 302 g/mol. The first kappa shape index (κ1) is 13.6. The summed E-state index contributed by atoms with van der Waals surface area (Å²) >= 11 is 6.00. The Morgan fingerprint density at radius 1 is 1.19 bits per heavy atom. The highest BCUT2D eigenvalue weighted by Gasteiger charge is 2.17. The average Bonchev–Trinajstić information content (AvgIpc) is 2.78. The summed E-state index contributed by atoms with van der Waals surface area (Å²) in [4.78, 5) is 22.3. The van der Waals surface area contributed by atoms with Crippen molar-refractivity contribution < 1.29 is 9.90 Å². The van der Waals surface area contributed by atoms with Crippen molar-refractivity contribution in [3.63, 3.8) is 0 Å². The third-order valence-electron chi connectivity index (χ3n) is 3.68. The smallest absolute Gasteiger partial charge is 0.310 e. The number of carbonyl (C=O) groups is 1. The molecule has 3 aromatic rings. The fraction of sp³-hybridized carbons (Fsp3) is 0.133. The van der Waals surface area contributed by atoms with Crippen LogP contribution < -0.4 is 0 Å². The second kappa shape index (κ2) is 4.86. The SMILES string of the molecule is CC(C(=O)O)c1ccc2c3cc(Cl)ccc3n(N=O)c2c1. The van der Waals surface area contributed by atoms with Crippen LogP contribution in [0.15, 0.2) is 41.7 Å². The lowest BCUT2D eigenvalue weighted by Gasteiger charge is -2.06. The van der Waals surface area contributed by atoms with Crippen LogP contribution in [0.4, 0.5) is 0 Å². The molecule has 1 heterocycles. The lowest BCUT2D eigenvalue weighted by atomic mass is 10.00. The summed E-state index contributed by atoms with van der Waals surface area (Å²) in [7, 11) is 0. The van der Waals surface area contributed by atoms with Crippen LogP contribution in [0.3, 0.4) is 0 Å². The molecular weight excluding hydrogens is 292 g/mol. The van der Waals surface area contributed by atoms with Gasteiger partial charge in [-0.15, -0.1) is 4.91 Å². The highest BCUT2D eigenvalue weighted by Crippen LogP contribution is 2.32. The van der Waals surface area contributed by atoms with Crippen LogP contribution in [0.5, 0.6) is 0 Å². The van der Waals surface area contributed by atoms with E-state index in [9.17, 15) is 9.70 Å². The number of nitroso groups, excluding NO2 is 1. The molecule has 0 aliphatic rings. The van der Waals surface area contributed by atoms with Crippen molar-refractivity contribution in [2.24, 2.45) is 5.29 Å². The third kappa shape index (κ3) is 2.06. The van der Waals surface area contributed by atoms with Crippen molar-refractivity contribution in [2.45, 2.75) is 12.8 Å². The maximum atomic E-state index is 11.2. The summed E-state index contributed by atoms with van der Waals surface area (Å²) in [5.74, 6) is -1.57. The number of aromatic nitrogens is 1. The molecule has 0 saturated carbocycles. The van der Waals surface area contributed by atoms with Crippen molar-refractivity contribution >= 4 is 39.4 Å². The number of nitrogens with zero attached hydrogens (tertiary/aromatic N) is 2. The Morgan fingerprint density at radius 2 is 1.95 bits per heavy atom. The van der Waals surface area contributed by atoms with Crippen molar-refractivity contribution in [1.82, 2.24) is 4.68 Å². The first-order valence-electron chi connectivity index (χ1n) is 6.33. The largest absolute Gasteiger partial charge is 0.481 e. The zero-order chi connectivity index (χ0) is 15.1. The Labute approximate surface area is 124 Å². The number of carboxylic acids is 1. The van der Waals surface area contributed by atoms with Crippen LogP contribution in [-0.2, 0) is 4.79 Å². The standard InChI is InChI=1S/C15H11ClN2O3/c1-8(15(19)20)9-2-4-11-12-7-10(16)3-5-13(12)18(17-21)14(11)6-9/h2-8H,1H3,(H,19,20). The van der Waals surface area contributed by atoms with Crippen molar-refractivity contribution in [3.05, 3.63) is 51.9 Å². The lowest BCUT2D eigenvalue weighted by molar-refractivity contribution is -0.138. The normalized spacial score (nSPS) is 12.7. The van der Waals surface area contributed by atoms with Gasteiger partial charge in [-0.05, 0) is 36.8 Å². The Morgan fingerprint density at radius 3 is 2.62 bits per heavy atom. The van der Waals surface area contributed by atoms with E-state index in [2.05, 4.69) is 5.29 Å². The maximum Gasteiger partial charge on any atom is 0.310 e. The number of halogens is 1. The number of aliphatic carboxylic acids is 1. The van der Waals surface area contributed by atoms with Gasteiger partial charge in [0.25, 0.3) is 0 Å². The Kier molecular flexibility index (Phi) is 3.14. The van der Waals surface area contributed by atoms with Gasteiger partial charge in [-0.25, -0.2) is 0 Å². The summed E-state index contributed by atoms with van der Waals surface area (Å²) in [5.41, 5.74) is 1.84. The fourth-order valence-corrected chi connectivity index (χ4v) is 2.66. The average molecular weight is 303 g/mol. The van der Waals surface area contributed by atoms with E-state index in [1.807, 2.05) is 0 Å². The van der Waals surface area contributed by atoms with Crippen LogP contribution in [0.2, 0.25) is 5.02 Å². The molecule has 6 heteroatoms. The van der Waals surface area contributed by atoms with Crippen molar-refractivity contribution in [2.75, 3.05) is 0 Å². The molecule has 106 valence electrons. The van der Waals surface area contributed by atoms with E-state index < -0.39 is 11.9 Å². The van der Waals surface area contributed by atoms with Gasteiger partial charge in [-0.1, -0.05) is 23.7 Å². The minimum Gasteiger partial charge on any atom is -0.481 e. The minimum absolute atomic E-state index is 0.565. The van der Waals surface area contributed by atoms with Crippen LogP contribution in [0.25, 0.3) is 21.8 Å². The number of hydrogen-bond donors (Lipinski definition) is 1. The molecule has 3 rings (SSSR count). The Hall–Kier alpha value is -2.40. The molecule has 0 amide bonds. The second-order valence-electron chi connectivity index (χ2n) is 4.89. The van der Waals surface area contributed by atoms with Crippen LogP contribution >= 0.6 is 11.6 Å². The summed E-state index contributed by atoms with van der Waals surface area (Å²) in [6.07, 6.45) is 0. The van der Waals surface area contributed by atoms with Crippen LogP contribution in [-0.4, -0.2) is 15.8 Å². The highest BCUT2D eigenvalue weighted by atomic mass is 35.5. The van der Waals surface area contributed by atoms with E-state index in [1.54, 1.807) is 43.3 Å². The van der Waals surface area contributed by atoms with E-state index in [4.69, 9.17) is 16.7 Å². The molecule has 1 unspecified atom stereocenters. The molecule has 0 spiro atoms.